The first-order valence-corrected chi connectivity index (χ1v) is 11.2. The normalized spacial score (nSPS) is 11.1. The van der Waals surface area contributed by atoms with E-state index < -0.39 is 17.6 Å². The van der Waals surface area contributed by atoms with E-state index in [0.717, 1.165) is 0 Å². The van der Waals surface area contributed by atoms with Gasteiger partial charge in [-0.2, -0.15) is 0 Å². The van der Waals surface area contributed by atoms with Gasteiger partial charge in [-0.25, -0.2) is 4.79 Å². The summed E-state index contributed by atoms with van der Waals surface area (Å²) in [5, 5.41) is 23.9. The molecule has 0 aromatic carbocycles. The topological polar surface area (TPSA) is 102 Å². The van der Waals surface area contributed by atoms with Gasteiger partial charge in [0.05, 0.1) is 38.1 Å². The molecule has 0 aliphatic heterocycles. The third-order valence-corrected chi connectivity index (χ3v) is 5.00. The fourth-order valence-corrected chi connectivity index (χ4v) is 3.24. The Morgan fingerprint density at radius 1 is 0.931 bits per heavy atom. The Morgan fingerprint density at radius 3 is 1.62 bits per heavy atom. The summed E-state index contributed by atoms with van der Waals surface area (Å²) in [6, 6.07) is 0. The highest BCUT2D eigenvalue weighted by Crippen LogP contribution is 2.16. The highest BCUT2D eigenvalue weighted by molar-refractivity contribution is 5.87. The highest BCUT2D eigenvalue weighted by atomic mass is 16.6. The standard InChI is InChI=1S/C16H36N.C5H6N2O5/c1-5-9-13-17(14-10-6-2,15-11-7-3)16-12-8-4;1-2-11-4(8)3-5(9)12-6-7(3)10/h5-16H2,1-4H3;9H,2H2,1H3/q+1;/p-1. The number of nitrogens with zero attached hydrogens (tertiary/aromatic N) is 3. The van der Waals surface area contributed by atoms with Crippen molar-refractivity contribution in [2.75, 3.05) is 32.8 Å². The minimum absolute atomic E-state index is 0.0729. The number of hydrogen-bond donors (Lipinski definition) is 0. The van der Waals surface area contributed by atoms with Gasteiger partial charge in [-0.1, -0.05) is 53.4 Å². The largest absolute Gasteiger partial charge is 0.593 e. The first kappa shape index (κ1) is 27.2. The lowest BCUT2D eigenvalue weighted by molar-refractivity contribution is -0.929. The van der Waals surface area contributed by atoms with Crippen molar-refractivity contribution in [3.63, 3.8) is 0 Å². The van der Waals surface area contributed by atoms with Crippen LogP contribution >= 0.6 is 0 Å². The van der Waals surface area contributed by atoms with Crippen molar-refractivity contribution in [1.29, 1.82) is 0 Å². The summed E-state index contributed by atoms with van der Waals surface area (Å²) in [5.74, 6) is -2.12. The summed E-state index contributed by atoms with van der Waals surface area (Å²) in [7, 11) is 0. The van der Waals surface area contributed by atoms with Crippen molar-refractivity contribution in [2.24, 2.45) is 0 Å². The van der Waals surface area contributed by atoms with Crippen LogP contribution in [0.1, 0.15) is 96.5 Å². The molecule has 29 heavy (non-hydrogen) atoms. The minimum atomic E-state index is -1.09. The number of esters is 1. The van der Waals surface area contributed by atoms with Crippen molar-refractivity contribution in [3.05, 3.63) is 10.9 Å². The van der Waals surface area contributed by atoms with Crippen molar-refractivity contribution in [2.45, 2.75) is 86.0 Å². The third kappa shape index (κ3) is 10.5. The molecule has 1 aromatic heterocycles. The second-order valence-electron chi connectivity index (χ2n) is 7.45. The zero-order chi connectivity index (χ0) is 22.1. The molecule has 0 fully saturated rings. The molecule has 0 N–H and O–H groups in total. The Bertz CT molecular complexity index is 491. The van der Waals surface area contributed by atoms with Gasteiger partial charge >= 0.3 is 11.7 Å². The molecule has 1 aromatic rings. The lowest BCUT2D eigenvalue weighted by Gasteiger charge is -2.39. The molecule has 0 radical (unpaired) electrons. The quantitative estimate of drug-likeness (QED) is 0.199. The molecule has 0 unspecified atom stereocenters. The fourth-order valence-electron chi connectivity index (χ4n) is 3.24. The van der Waals surface area contributed by atoms with Crippen LogP contribution in [0.25, 0.3) is 0 Å². The van der Waals surface area contributed by atoms with E-state index in [1.165, 1.54) is 82.0 Å². The number of unbranched alkanes of at least 4 members (excludes halogenated alkanes) is 4. The van der Waals surface area contributed by atoms with E-state index >= 15 is 0 Å². The van der Waals surface area contributed by atoms with E-state index in [1.54, 1.807) is 6.92 Å². The number of quaternary nitrogens is 1. The molecule has 170 valence electrons. The van der Waals surface area contributed by atoms with Gasteiger partial charge < -0.3 is 24.1 Å². The molecule has 0 amide bonds. The van der Waals surface area contributed by atoms with Crippen LogP contribution in [0, 0.1) is 5.21 Å². The summed E-state index contributed by atoms with van der Waals surface area (Å²) < 4.78 is 9.71. The molecule has 0 atom stereocenters. The number of carbonyl (C=O) groups excluding carboxylic acids is 1. The van der Waals surface area contributed by atoms with Crippen LogP contribution in [0.15, 0.2) is 4.52 Å². The second kappa shape index (κ2) is 16.0. The number of hydrogen-bond acceptors (Lipinski definition) is 6. The average molecular weight is 416 g/mol. The molecule has 1 heterocycles. The Hall–Kier alpha value is -1.83. The molecular weight excluding hydrogens is 374 g/mol. The molecule has 0 spiro atoms. The van der Waals surface area contributed by atoms with Crippen LogP contribution in [0.5, 0.6) is 5.95 Å². The lowest BCUT2D eigenvalue weighted by Crippen LogP contribution is -2.50. The molecule has 8 heteroatoms. The van der Waals surface area contributed by atoms with Crippen LogP contribution in [-0.4, -0.2) is 48.5 Å². The molecule has 0 bridgehead atoms. The van der Waals surface area contributed by atoms with Gasteiger partial charge in [-0.15, -0.1) is 0 Å². The molecule has 1 rings (SSSR count). The van der Waals surface area contributed by atoms with E-state index in [1.807, 2.05) is 0 Å². The van der Waals surface area contributed by atoms with E-state index in [9.17, 15) is 15.1 Å². The van der Waals surface area contributed by atoms with E-state index in [2.05, 4.69) is 42.2 Å². The number of carbonyl (C=O) groups is 1. The van der Waals surface area contributed by atoms with Crippen LogP contribution in [0.4, 0.5) is 0 Å². The summed E-state index contributed by atoms with van der Waals surface area (Å²) in [4.78, 5) is 10.6. The summed E-state index contributed by atoms with van der Waals surface area (Å²) in [6.45, 7) is 16.6. The van der Waals surface area contributed by atoms with E-state index in [4.69, 9.17) is 0 Å². The molecule has 0 saturated carbocycles. The van der Waals surface area contributed by atoms with Gasteiger partial charge in [0.1, 0.15) is 0 Å². The van der Waals surface area contributed by atoms with Gasteiger partial charge in [0, 0.05) is 0 Å². The van der Waals surface area contributed by atoms with Crippen LogP contribution in [0.3, 0.4) is 0 Å². The molecule has 0 saturated heterocycles. The van der Waals surface area contributed by atoms with Gasteiger partial charge in [-0.05, 0) is 37.5 Å². The highest BCUT2D eigenvalue weighted by Gasteiger charge is 2.25. The van der Waals surface area contributed by atoms with Gasteiger partial charge in [0.2, 0.25) is 0 Å². The maximum absolute atomic E-state index is 10.8. The summed E-state index contributed by atoms with van der Waals surface area (Å²) >= 11 is 0. The Kier molecular flexibility index (Phi) is 15.0. The van der Waals surface area contributed by atoms with Crippen LogP contribution < -0.4 is 9.95 Å². The number of ether oxygens (including phenoxy) is 1. The van der Waals surface area contributed by atoms with Crippen molar-refractivity contribution in [3.8, 4) is 5.95 Å². The zero-order valence-electron chi connectivity index (χ0n) is 19.1. The van der Waals surface area contributed by atoms with Gasteiger partial charge in [0.25, 0.3) is 0 Å². The predicted octanol–water partition coefficient (Wildman–Crippen LogP) is 3.56. The molecule has 0 aliphatic rings. The minimum Gasteiger partial charge on any atom is -0.593 e. The average Bonchev–Trinajstić information content (AvgIpc) is 3.06. The summed E-state index contributed by atoms with van der Waals surface area (Å²) in [6.07, 6.45) is 11.1. The first-order valence-electron chi connectivity index (χ1n) is 11.2. The Labute approximate surface area is 176 Å². The monoisotopic (exact) mass is 415 g/mol. The maximum atomic E-state index is 10.8. The zero-order valence-corrected chi connectivity index (χ0v) is 19.1. The molecular formula is C21H41N3O5. The van der Waals surface area contributed by atoms with Crippen LogP contribution in [-0.2, 0) is 4.74 Å². The van der Waals surface area contributed by atoms with Crippen molar-refractivity contribution >= 4 is 5.97 Å². The smallest absolute Gasteiger partial charge is 0.409 e. The lowest BCUT2D eigenvalue weighted by atomic mass is 10.1. The molecule has 8 nitrogen and oxygen atoms in total. The molecule has 0 aliphatic carbocycles. The SMILES string of the molecule is CCCC[N+](CCCC)(CCCC)CCCC.CCOC(=O)c1c([O-])on[n+]1[O-]. The number of rotatable bonds is 14. The maximum Gasteiger partial charge on any atom is 0.409 e. The van der Waals surface area contributed by atoms with E-state index in [-0.39, 0.29) is 11.5 Å². The Morgan fingerprint density at radius 2 is 1.34 bits per heavy atom. The van der Waals surface area contributed by atoms with Crippen molar-refractivity contribution in [1.82, 2.24) is 5.27 Å². The van der Waals surface area contributed by atoms with E-state index in [0.29, 0.717) is 0 Å². The van der Waals surface area contributed by atoms with Gasteiger partial charge in [-0.3, -0.25) is 0 Å². The third-order valence-electron chi connectivity index (χ3n) is 5.00. The van der Waals surface area contributed by atoms with Crippen LogP contribution in [0.2, 0.25) is 0 Å². The predicted molar refractivity (Wildman–Crippen MR) is 110 cm³/mol. The first-order chi connectivity index (χ1) is 13.9. The summed E-state index contributed by atoms with van der Waals surface area (Å²) in [5.41, 5.74) is -0.753. The second-order valence-corrected chi connectivity index (χ2v) is 7.45. The Balaban J connectivity index is 0.000000571. The fraction of sp³-hybridized carbons (Fsp3) is 0.857. The van der Waals surface area contributed by atoms with Gasteiger partial charge in [0.15, 0.2) is 5.95 Å². The van der Waals surface area contributed by atoms with Crippen molar-refractivity contribution < 1.29 is 28.5 Å². The number of aromatic nitrogens is 2.